The molecule has 0 saturated heterocycles. The Kier molecular flexibility index (Phi) is 4.73. The van der Waals surface area contributed by atoms with E-state index in [9.17, 15) is 20.1 Å². The molecule has 2 aromatic rings. The number of aromatic amines is 1. The van der Waals surface area contributed by atoms with Crippen LogP contribution in [0.4, 0.5) is 0 Å². The van der Waals surface area contributed by atoms with E-state index in [-0.39, 0.29) is 5.69 Å². The molecule has 1 amide bonds. The largest absolute Gasteiger partial charge is 0.394 e. The molecule has 0 aliphatic heterocycles. The lowest BCUT2D eigenvalue weighted by Crippen LogP contribution is -2.57. The second-order valence-corrected chi connectivity index (χ2v) is 5.82. The molecule has 2 heterocycles. The van der Waals surface area contributed by atoms with Crippen molar-refractivity contribution in [3.63, 3.8) is 0 Å². The molecule has 114 valence electrons. The zero-order valence-electron chi connectivity index (χ0n) is 11.5. The van der Waals surface area contributed by atoms with E-state index in [0.29, 0.717) is 0 Å². The number of aliphatic hydroxyl groups excluding tert-OH is 3. The summed E-state index contributed by atoms with van der Waals surface area (Å²) in [5.41, 5.74) is 0.354. The van der Waals surface area contributed by atoms with E-state index in [0.717, 1.165) is 16.3 Å². The van der Waals surface area contributed by atoms with Gasteiger partial charge < -0.3 is 25.6 Å². The number of H-pyrrole nitrogens is 1. The highest BCUT2D eigenvalue weighted by Gasteiger charge is 2.30. The van der Waals surface area contributed by atoms with Crippen LogP contribution in [0.2, 0.25) is 0 Å². The number of aryl methyl sites for hydroxylation is 1. The van der Waals surface area contributed by atoms with Gasteiger partial charge in [0.1, 0.15) is 11.2 Å². The van der Waals surface area contributed by atoms with E-state index in [1.807, 2.05) is 12.3 Å². The third-order valence-electron chi connectivity index (χ3n) is 3.13. The quantitative estimate of drug-likeness (QED) is 0.510. The zero-order valence-corrected chi connectivity index (χ0v) is 12.3. The highest BCUT2D eigenvalue weighted by molar-refractivity contribution is 7.09. The average molecular weight is 311 g/mol. The number of carbonyl (C=O) groups excluding carboxylic acids is 1. The fraction of sp³-hybridized carbons (Fsp3) is 0.385. The summed E-state index contributed by atoms with van der Waals surface area (Å²) in [6.45, 7) is 0.201. The topological polar surface area (TPSA) is 118 Å². The van der Waals surface area contributed by atoms with Crippen molar-refractivity contribution in [2.24, 2.45) is 0 Å². The number of amides is 1. The van der Waals surface area contributed by atoms with Crippen LogP contribution in [-0.2, 0) is 0 Å². The Morgan fingerprint density at radius 1 is 1.38 bits per heavy atom. The predicted octanol–water partition coefficient (Wildman–Crippen LogP) is -0.108. The Balaban J connectivity index is 2.16. The summed E-state index contributed by atoms with van der Waals surface area (Å²) in [6.07, 6.45) is 1.65. The van der Waals surface area contributed by atoms with Gasteiger partial charge in [-0.15, -0.1) is 11.3 Å². The van der Waals surface area contributed by atoms with Gasteiger partial charge in [-0.05, 0) is 13.0 Å². The number of aromatic nitrogens is 2. The van der Waals surface area contributed by atoms with Gasteiger partial charge in [0.15, 0.2) is 0 Å². The molecule has 0 aliphatic rings. The van der Waals surface area contributed by atoms with Gasteiger partial charge in [-0.25, -0.2) is 4.98 Å². The standard InChI is InChI=1S/C13H17N3O4S/c1-8-15-11(4-21-8)9-2-10(14-3-9)12(20)16-13(5-17,6-18)7-19/h2-4,14,17-19H,5-7H2,1H3,(H,16,20). The van der Waals surface area contributed by atoms with E-state index < -0.39 is 31.3 Å². The maximum absolute atomic E-state index is 12.1. The molecule has 0 bridgehead atoms. The molecule has 0 fully saturated rings. The van der Waals surface area contributed by atoms with E-state index >= 15 is 0 Å². The molecule has 21 heavy (non-hydrogen) atoms. The van der Waals surface area contributed by atoms with Gasteiger partial charge in [-0.3, -0.25) is 4.79 Å². The van der Waals surface area contributed by atoms with Crippen molar-refractivity contribution in [1.29, 1.82) is 0 Å². The van der Waals surface area contributed by atoms with Crippen LogP contribution in [0.25, 0.3) is 11.3 Å². The van der Waals surface area contributed by atoms with Gasteiger partial charge in [0.05, 0.1) is 30.5 Å². The molecular weight excluding hydrogens is 294 g/mol. The third kappa shape index (κ3) is 3.30. The monoisotopic (exact) mass is 311 g/mol. The molecular formula is C13H17N3O4S. The number of nitrogens with one attached hydrogen (secondary N) is 2. The Labute approximate surface area is 125 Å². The third-order valence-corrected chi connectivity index (χ3v) is 3.90. The van der Waals surface area contributed by atoms with E-state index in [2.05, 4.69) is 15.3 Å². The van der Waals surface area contributed by atoms with Crippen molar-refractivity contribution in [1.82, 2.24) is 15.3 Å². The second-order valence-electron chi connectivity index (χ2n) is 4.76. The van der Waals surface area contributed by atoms with Crippen LogP contribution < -0.4 is 5.32 Å². The maximum Gasteiger partial charge on any atom is 0.268 e. The van der Waals surface area contributed by atoms with Gasteiger partial charge in [-0.2, -0.15) is 0 Å². The minimum absolute atomic E-state index is 0.260. The van der Waals surface area contributed by atoms with Crippen LogP contribution in [0.3, 0.4) is 0 Å². The van der Waals surface area contributed by atoms with Crippen molar-refractivity contribution in [3.8, 4) is 11.3 Å². The van der Waals surface area contributed by atoms with Crippen molar-refractivity contribution in [2.45, 2.75) is 12.5 Å². The number of thiazole rings is 1. The molecule has 0 radical (unpaired) electrons. The van der Waals surface area contributed by atoms with Gasteiger partial charge in [-0.1, -0.05) is 0 Å². The first-order chi connectivity index (χ1) is 10.0. The van der Waals surface area contributed by atoms with Crippen LogP contribution in [0.15, 0.2) is 17.6 Å². The number of rotatable bonds is 6. The van der Waals surface area contributed by atoms with Gasteiger partial charge in [0.25, 0.3) is 5.91 Å². The van der Waals surface area contributed by atoms with Gasteiger partial charge in [0, 0.05) is 17.1 Å². The summed E-state index contributed by atoms with van der Waals surface area (Å²) in [6, 6.07) is 1.63. The molecule has 0 aliphatic carbocycles. The first-order valence-electron chi connectivity index (χ1n) is 6.29. The van der Waals surface area contributed by atoms with Crippen molar-refractivity contribution in [2.75, 3.05) is 19.8 Å². The van der Waals surface area contributed by atoms with Crippen LogP contribution in [0.1, 0.15) is 15.5 Å². The molecule has 5 N–H and O–H groups in total. The van der Waals surface area contributed by atoms with Crippen molar-refractivity contribution in [3.05, 3.63) is 28.3 Å². The lowest BCUT2D eigenvalue weighted by molar-refractivity contribution is 0.0373. The molecule has 2 rings (SSSR count). The first-order valence-corrected chi connectivity index (χ1v) is 7.17. The number of aliphatic hydroxyl groups is 3. The van der Waals surface area contributed by atoms with Crippen LogP contribution in [0, 0.1) is 6.92 Å². The van der Waals surface area contributed by atoms with Gasteiger partial charge >= 0.3 is 0 Å². The fourth-order valence-electron chi connectivity index (χ4n) is 1.75. The number of nitrogens with zero attached hydrogens (tertiary/aromatic N) is 1. The summed E-state index contributed by atoms with van der Waals surface area (Å²) >= 11 is 1.51. The zero-order chi connectivity index (χ0) is 15.5. The lowest BCUT2D eigenvalue weighted by atomic mass is 10.0. The molecule has 0 aromatic carbocycles. The highest BCUT2D eigenvalue weighted by atomic mass is 32.1. The Morgan fingerprint density at radius 2 is 2.05 bits per heavy atom. The number of carbonyl (C=O) groups is 1. The molecule has 7 nitrogen and oxygen atoms in total. The summed E-state index contributed by atoms with van der Waals surface area (Å²) in [5.74, 6) is -0.523. The number of hydrogen-bond donors (Lipinski definition) is 5. The average Bonchev–Trinajstić information content (AvgIpc) is 3.13. The molecule has 0 saturated carbocycles. The maximum atomic E-state index is 12.1. The number of hydrogen-bond acceptors (Lipinski definition) is 6. The Bertz CT molecular complexity index is 610. The molecule has 2 aromatic heterocycles. The summed E-state index contributed by atoms with van der Waals surface area (Å²) in [7, 11) is 0. The smallest absolute Gasteiger partial charge is 0.268 e. The Morgan fingerprint density at radius 3 is 2.57 bits per heavy atom. The Hall–Kier alpha value is -1.74. The minimum atomic E-state index is -1.44. The minimum Gasteiger partial charge on any atom is -0.394 e. The van der Waals surface area contributed by atoms with Crippen LogP contribution in [-0.4, -0.2) is 56.6 Å². The van der Waals surface area contributed by atoms with E-state index in [1.165, 1.54) is 11.3 Å². The summed E-state index contributed by atoms with van der Waals surface area (Å²) in [5, 5.41) is 32.9. The second kappa shape index (κ2) is 6.35. The van der Waals surface area contributed by atoms with Crippen molar-refractivity contribution >= 4 is 17.2 Å². The van der Waals surface area contributed by atoms with E-state index in [4.69, 9.17) is 0 Å². The van der Waals surface area contributed by atoms with Crippen LogP contribution >= 0.6 is 11.3 Å². The summed E-state index contributed by atoms with van der Waals surface area (Å²) < 4.78 is 0. The molecule has 0 spiro atoms. The predicted molar refractivity (Wildman–Crippen MR) is 78.1 cm³/mol. The van der Waals surface area contributed by atoms with Gasteiger partial charge in [0.2, 0.25) is 0 Å². The fourth-order valence-corrected chi connectivity index (χ4v) is 2.37. The SMILES string of the molecule is Cc1nc(-c2c[nH]c(C(=O)NC(CO)(CO)CO)c2)cs1. The van der Waals surface area contributed by atoms with E-state index in [1.54, 1.807) is 12.3 Å². The summed E-state index contributed by atoms with van der Waals surface area (Å²) in [4.78, 5) is 19.2. The molecule has 0 atom stereocenters. The normalized spacial score (nSPS) is 11.6. The van der Waals surface area contributed by atoms with Crippen LogP contribution in [0.5, 0.6) is 0 Å². The first kappa shape index (κ1) is 15.6. The highest BCUT2D eigenvalue weighted by Crippen LogP contribution is 2.22. The molecule has 8 heteroatoms. The van der Waals surface area contributed by atoms with Crippen molar-refractivity contribution < 1.29 is 20.1 Å². The lowest BCUT2D eigenvalue weighted by Gasteiger charge is -2.28. The molecule has 0 unspecified atom stereocenters.